The van der Waals surface area contributed by atoms with Crippen molar-refractivity contribution in [3.8, 4) is 11.8 Å². The Bertz CT molecular complexity index is 564. The van der Waals surface area contributed by atoms with Crippen LogP contribution in [0, 0.1) is 11.8 Å². The number of hydrogen-bond donors (Lipinski definition) is 1. The molecule has 0 radical (unpaired) electrons. The Morgan fingerprint density at radius 1 is 0.900 bits per heavy atom. The van der Waals surface area contributed by atoms with Gasteiger partial charge in [-0.1, -0.05) is 49.1 Å². The van der Waals surface area contributed by atoms with Crippen LogP contribution in [0.4, 0.5) is 0 Å². The molecule has 1 atom stereocenters. The molecule has 0 spiro atoms. The van der Waals surface area contributed by atoms with Gasteiger partial charge in [0.25, 0.3) is 0 Å². The Morgan fingerprint density at radius 2 is 1.45 bits per heavy atom. The van der Waals surface area contributed by atoms with Gasteiger partial charge in [-0.3, -0.25) is 0 Å². The van der Waals surface area contributed by atoms with Gasteiger partial charge in [0.1, 0.15) is 0 Å². The average molecular weight is 286 g/mol. The van der Waals surface area contributed by atoms with E-state index in [1.54, 1.807) is 0 Å². The molecule has 104 valence electrons. The lowest BCUT2D eigenvalue weighted by Crippen LogP contribution is -2.21. The maximum absolute atomic E-state index is 5.95. The molecule has 2 heteroatoms. The smallest absolute Gasteiger partial charge is 0.0249 e. The zero-order valence-corrected chi connectivity index (χ0v) is 12.5. The van der Waals surface area contributed by atoms with Gasteiger partial charge >= 0.3 is 0 Å². The Morgan fingerprint density at radius 3 is 2.00 bits per heavy atom. The molecule has 2 aromatic carbocycles. The molecule has 2 aromatic rings. The molecule has 0 aliphatic carbocycles. The number of halogens is 1. The maximum atomic E-state index is 5.95. The van der Waals surface area contributed by atoms with E-state index in [9.17, 15) is 0 Å². The van der Waals surface area contributed by atoms with E-state index in [1.807, 2.05) is 30.3 Å². The summed E-state index contributed by atoms with van der Waals surface area (Å²) in [6.07, 6.45) is 1.94. The first-order valence-electron chi connectivity index (χ1n) is 6.69. The van der Waals surface area contributed by atoms with Crippen molar-refractivity contribution in [2.24, 2.45) is 5.73 Å². The predicted molar refractivity (Wildman–Crippen MR) is 88.1 cm³/mol. The highest BCUT2D eigenvalue weighted by molar-refractivity contribution is 5.85. The van der Waals surface area contributed by atoms with E-state index in [0.717, 1.165) is 24.0 Å². The molecule has 0 bridgehead atoms. The van der Waals surface area contributed by atoms with Gasteiger partial charge in [0.2, 0.25) is 0 Å². The Kier molecular flexibility index (Phi) is 6.87. The molecule has 0 saturated carbocycles. The molecule has 0 aliphatic heterocycles. The Labute approximate surface area is 127 Å². The topological polar surface area (TPSA) is 26.0 Å². The Hall–Kier alpha value is -1.75. The van der Waals surface area contributed by atoms with E-state index in [2.05, 4.69) is 43.0 Å². The standard InChI is InChI=1S/C18H19N.ClH/c1-2-18(19)14-17-12-10-16(11-13-17)9-8-15-6-4-3-5-7-15;/h3-7,10-13,18H,2,14,19H2,1H3;1H. The molecular weight excluding hydrogens is 266 g/mol. The van der Waals surface area contributed by atoms with E-state index >= 15 is 0 Å². The first-order chi connectivity index (χ1) is 9.28. The van der Waals surface area contributed by atoms with E-state index in [0.29, 0.717) is 0 Å². The minimum absolute atomic E-state index is 0. The van der Waals surface area contributed by atoms with Gasteiger partial charge in [0.15, 0.2) is 0 Å². The van der Waals surface area contributed by atoms with Crippen molar-refractivity contribution >= 4 is 12.4 Å². The zero-order chi connectivity index (χ0) is 13.5. The molecular formula is C18H20ClN. The van der Waals surface area contributed by atoms with Crippen LogP contribution in [0.25, 0.3) is 0 Å². The van der Waals surface area contributed by atoms with Crippen LogP contribution in [-0.4, -0.2) is 6.04 Å². The summed E-state index contributed by atoms with van der Waals surface area (Å²) < 4.78 is 0. The van der Waals surface area contributed by atoms with Crippen LogP contribution in [0.1, 0.15) is 30.0 Å². The first kappa shape index (κ1) is 16.3. The summed E-state index contributed by atoms with van der Waals surface area (Å²) in [7, 11) is 0. The third-order valence-electron chi connectivity index (χ3n) is 3.10. The van der Waals surface area contributed by atoms with Crippen LogP contribution in [-0.2, 0) is 6.42 Å². The van der Waals surface area contributed by atoms with Gasteiger partial charge in [0.05, 0.1) is 0 Å². The zero-order valence-electron chi connectivity index (χ0n) is 11.7. The molecule has 0 amide bonds. The Balaban J connectivity index is 0.00000200. The van der Waals surface area contributed by atoms with Crippen LogP contribution < -0.4 is 5.73 Å². The van der Waals surface area contributed by atoms with Crippen LogP contribution in [0.2, 0.25) is 0 Å². The highest BCUT2D eigenvalue weighted by Gasteiger charge is 2.00. The number of rotatable bonds is 3. The van der Waals surface area contributed by atoms with Crippen molar-refractivity contribution in [1.29, 1.82) is 0 Å². The quantitative estimate of drug-likeness (QED) is 0.853. The van der Waals surface area contributed by atoms with E-state index < -0.39 is 0 Å². The van der Waals surface area contributed by atoms with Gasteiger partial charge < -0.3 is 5.73 Å². The second-order valence-electron chi connectivity index (χ2n) is 4.69. The summed E-state index contributed by atoms with van der Waals surface area (Å²) in [6, 6.07) is 18.6. The van der Waals surface area contributed by atoms with Gasteiger partial charge in [-0.25, -0.2) is 0 Å². The van der Waals surface area contributed by atoms with Crippen LogP contribution >= 0.6 is 12.4 Å². The maximum Gasteiger partial charge on any atom is 0.0249 e. The fraction of sp³-hybridized carbons (Fsp3) is 0.222. The molecule has 2 rings (SSSR count). The van der Waals surface area contributed by atoms with E-state index in [4.69, 9.17) is 5.73 Å². The lowest BCUT2D eigenvalue weighted by atomic mass is 10.0. The fourth-order valence-electron chi connectivity index (χ4n) is 1.84. The molecule has 0 aliphatic rings. The van der Waals surface area contributed by atoms with Gasteiger partial charge in [0, 0.05) is 17.2 Å². The second kappa shape index (κ2) is 8.43. The van der Waals surface area contributed by atoms with Gasteiger partial charge in [-0.2, -0.15) is 0 Å². The molecule has 0 fully saturated rings. The van der Waals surface area contributed by atoms with Crippen LogP contribution in [0.3, 0.4) is 0 Å². The highest BCUT2D eigenvalue weighted by atomic mass is 35.5. The third-order valence-corrected chi connectivity index (χ3v) is 3.10. The lowest BCUT2D eigenvalue weighted by molar-refractivity contribution is 0.646. The van der Waals surface area contributed by atoms with E-state index in [1.165, 1.54) is 5.56 Å². The number of nitrogens with two attached hydrogens (primary N) is 1. The third kappa shape index (κ3) is 5.09. The minimum atomic E-state index is 0. The molecule has 2 N–H and O–H groups in total. The summed E-state index contributed by atoms with van der Waals surface area (Å²) in [6.45, 7) is 2.12. The summed E-state index contributed by atoms with van der Waals surface area (Å²) in [5, 5.41) is 0. The van der Waals surface area contributed by atoms with Crippen molar-refractivity contribution in [2.45, 2.75) is 25.8 Å². The minimum Gasteiger partial charge on any atom is -0.327 e. The predicted octanol–water partition coefficient (Wildman–Crippen LogP) is 3.79. The molecule has 1 nitrogen and oxygen atoms in total. The summed E-state index contributed by atoms with van der Waals surface area (Å²) in [5.74, 6) is 6.33. The highest BCUT2D eigenvalue weighted by Crippen LogP contribution is 2.07. The molecule has 0 saturated heterocycles. The van der Waals surface area contributed by atoms with Crippen LogP contribution in [0.15, 0.2) is 54.6 Å². The summed E-state index contributed by atoms with van der Waals surface area (Å²) in [4.78, 5) is 0. The van der Waals surface area contributed by atoms with Crippen molar-refractivity contribution in [2.75, 3.05) is 0 Å². The lowest BCUT2D eigenvalue weighted by Gasteiger charge is -2.08. The molecule has 0 aromatic heterocycles. The van der Waals surface area contributed by atoms with Gasteiger partial charge in [-0.15, -0.1) is 12.4 Å². The monoisotopic (exact) mass is 285 g/mol. The second-order valence-corrected chi connectivity index (χ2v) is 4.69. The SMILES string of the molecule is CCC(N)Cc1ccc(C#Cc2ccccc2)cc1.Cl. The van der Waals surface area contributed by atoms with Crippen LogP contribution in [0.5, 0.6) is 0 Å². The van der Waals surface area contributed by atoms with Gasteiger partial charge in [-0.05, 0) is 42.7 Å². The van der Waals surface area contributed by atoms with Crippen molar-refractivity contribution < 1.29 is 0 Å². The van der Waals surface area contributed by atoms with E-state index in [-0.39, 0.29) is 18.4 Å². The first-order valence-corrected chi connectivity index (χ1v) is 6.69. The average Bonchev–Trinajstić information content (AvgIpc) is 2.47. The van der Waals surface area contributed by atoms with Crippen molar-refractivity contribution in [3.05, 3.63) is 71.3 Å². The summed E-state index contributed by atoms with van der Waals surface area (Å²) in [5.41, 5.74) is 9.31. The van der Waals surface area contributed by atoms with Crippen molar-refractivity contribution in [3.63, 3.8) is 0 Å². The fourth-order valence-corrected chi connectivity index (χ4v) is 1.84. The summed E-state index contributed by atoms with van der Waals surface area (Å²) >= 11 is 0. The molecule has 0 heterocycles. The molecule has 1 unspecified atom stereocenters. The largest absolute Gasteiger partial charge is 0.327 e. The normalized spacial score (nSPS) is 10.9. The number of hydrogen-bond acceptors (Lipinski definition) is 1. The molecule has 20 heavy (non-hydrogen) atoms. The van der Waals surface area contributed by atoms with Crippen molar-refractivity contribution in [1.82, 2.24) is 0 Å². The number of benzene rings is 2.